The van der Waals surface area contributed by atoms with Crippen molar-refractivity contribution in [2.45, 2.75) is 25.9 Å². The molecule has 0 aliphatic carbocycles. The number of urea groups is 1. The van der Waals surface area contributed by atoms with Gasteiger partial charge in [0.15, 0.2) is 0 Å². The highest BCUT2D eigenvalue weighted by Crippen LogP contribution is 2.28. The molecule has 1 aliphatic heterocycles. The van der Waals surface area contributed by atoms with Crippen molar-refractivity contribution in [2.75, 3.05) is 6.54 Å². The van der Waals surface area contributed by atoms with E-state index in [-0.39, 0.29) is 13.1 Å². The highest BCUT2D eigenvalue weighted by molar-refractivity contribution is 6.30. The Balaban J connectivity index is 1.66. The van der Waals surface area contributed by atoms with Gasteiger partial charge in [0.2, 0.25) is 5.91 Å². The second kappa shape index (κ2) is 7.40. The minimum absolute atomic E-state index is 0.262. The van der Waals surface area contributed by atoms with Crippen molar-refractivity contribution in [3.63, 3.8) is 0 Å². The molecule has 2 N–H and O–H groups in total. The summed E-state index contributed by atoms with van der Waals surface area (Å²) in [6.45, 7) is 3.50. The van der Waals surface area contributed by atoms with Gasteiger partial charge in [-0.05, 0) is 37.1 Å². The maximum absolute atomic E-state index is 12.8. The number of benzene rings is 2. The fraction of sp³-hybridized carbons (Fsp3) is 0.250. The summed E-state index contributed by atoms with van der Waals surface area (Å²) < 4.78 is 0. The van der Waals surface area contributed by atoms with Crippen LogP contribution >= 0.6 is 11.6 Å². The van der Waals surface area contributed by atoms with Crippen LogP contribution in [0.5, 0.6) is 0 Å². The standard InChI is InChI=1S/C20H20ClN3O3/c1-13-6-8-15(9-7-13)20(2)18(26)24(19(27)23-20)12-17(25)22-11-14-4-3-5-16(21)10-14/h3-10H,11-12H2,1-2H3,(H,22,25)(H,23,27)/t20-/m1/s1. The van der Waals surface area contributed by atoms with Gasteiger partial charge in [0.25, 0.3) is 5.91 Å². The quantitative estimate of drug-likeness (QED) is 0.777. The van der Waals surface area contributed by atoms with Crippen LogP contribution in [0.15, 0.2) is 48.5 Å². The van der Waals surface area contributed by atoms with Crippen LogP contribution in [0.2, 0.25) is 5.02 Å². The van der Waals surface area contributed by atoms with Gasteiger partial charge in [0.05, 0.1) is 0 Å². The van der Waals surface area contributed by atoms with E-state index in [1.807, 2.05) is 25.1 Å². The van der Waals surface area contributed by atoms with Gasteiger partial charge in [-0.25, -0.2) is 4.79 Å². The lowest BCUT2D eigenvalue weighted by Gasteiger charge is -2.22. The Morgan fingerprint density at radius 3 is 2.56 bits per heavy atom. The summed E-state index contributed by atoms with van der Waals surface area (Å²) >= 11 is 5.92. The molecule has 2 aromatic carbocycles. The second-order valence-corrected chi connectivity index (χ2v) is 7.16. The predicted octanol–water partition coefficient (Wildman–Crippen LogP) is 2.73. The number of amides is 4. The third-order valence-electron chi connectivity index (χ3n) is 4.58. The second-order valence-electron chi connectivity index (χ2n) is 6.72. The van der Waals surface area contributed by atoms with Crippen LogP contribution in [0, 0.1) is 6.92 Å². The van der Waals surface area contributed by atoms with Crippen LogP contribution in [-0.4, -0.2) is 29.3 Å². The molecule has 0 aromatic heterocycles. The van der Waals surface area contributed by atoms with Crippen molar-refractivity contribution in [2.24, 2.45) is 0 Å². The Morgan fingerprint density at radius 2 is 1.89 bits per heavy atom. The number of hydrogen-bond acceptors (Lipinski definition) is 3. The van der Waals surface area contributed by atoms with Crippen molar-refractivity contribution < 1.29 is 14.4 Å². The summed E-state index contributed by atoms with van der Waals surface area (Å²) in [5.41, 5.74) is 1.38. The first-order chi connectivity index (χ1) is 12.8. The first-order valence-corrected chi connectivity index (χ1v) is 8.90. The zero-order valence-electron chi connectivity index (χ0n) is 15.1. The maximum Gasteiger partial charge on any atom is 0.325 e. The van der Waals surface area contributed by atoms with E-state index in [0.29, 0.717) is 10.6 Å². The maximum atomic E-state index is 12.8. The predicted molar refractivity (Wildman–Crippen MR) is 102 cm³/mol. The number of nitrogens with zero attached hydrogens (tertiary/aromatic N) is 1. The van der Waals surface area contributed by atoms with Crippen LogP contribution in [0.1, 0.15) is 23.6 Å². The average molecular weight is 386 g/mol. The number of hydrogen-bond donors (Lipinski definition) is 2. The largest absolute Gasteiger partial charge is 0.350 e. The molecule has 0 radical (unpaired) electrons. The van der Waals surface area contributed by atoms with Crippen LogP contribution in [0.4, 0.5) is 4.79 Å². The minimum Gasteiger partial charge on any atom is -0.350 e. The molecule has 1 atom stereocenters. The number of nitrogens with one attached hydrogen (secondary N) is 2. The number of carbonyl (C=O) groups excluding carboxylic acids is 3. The highest BCUT2D eigenvalue weighted by Gasteiger charge is 2.49. The van der Waals surface area contributed by atoms with E-state index >= 15 is 0 Å². The van der Waals surface area contributed by atoms with E-state index in [9.17, 15) is 14.4 Å². The zero-order chi connectivity index (χ0) is 19.6. The molecule has 1 saturated heterocycles. The Morgan fingerprint density at radius 1 is 1.19 bits per heavy atom. The Bertz CT molecular complexity index is 898. The van der Waals surface area contributed by atoms with Gasteiger partial charge >= 0.3 is 6.03 Å². The molecule has 2 aromatic rings. The Kier molecular flexibility index (Phi) is 5.19. The third kappa shape index (κ3) is 3.95. The number of carbonyl (C=O) groups is 3. The summed E-state index contributed by atoms with van der Waals surface area (Å²) in [6.07, 6.45) is 0. The van der Waals surface area contributed by atoms with Crippen LogP contribution in [0.3, 0.4) is 0 Å². The van der Waals surface area contributed by atoms with Crippen LogP contribution in [-0.2, 0) is 21.7 Å². The van der Waals surface area contributed by atoms with E-state index in [0.717, 1.165) is 16.0 Å². The Labute approximate surface area is 162 Å². The summed E-state index contributed by atoms with van der Waals surface area (Å²) in [5.74, 6) is -0.874. The van der Waals surface area contributed by atoms with E-state index in [1.165, 1.54) is 0 Å². The molecular weight excluding hydrogens is 366 g/mol. The van der Waals surface area contributed by atoms with Gasteiger partial charge in [0, 0.05) is 11.6 Å². The van der Waals surface area contributed by atoms with Crippen molar-refractivity contribution in [1.29, 1.82) is 0 Å². The molecule has 1 fully saturated rings. The molecule has 1 aliphatic rings. The number of imide groups is 1. The zero-order valence-corrected chi connectivity index (χ0v) is 15.8. The molecule has 0 saturated carbocycles. The fourth-order valence-electron chi connectivity index (χ4n) is 2.97. The molecule has 3 rings (SSSR count). The molecule has 0 spiro atoms. The first kappa shape index (κ1) is 18.9. The van der Waals surface area contributed by atoms with Gasteiger partial charge in [-0.3, -0.25) is 14.5 Å². The first-order valence-electron chi connectivity index (χ1n) is 8.52. The molecule has 0 unspecified atom stereocenters. The van der Waals surface area contributed by atoms with Gasteiger partial charge in [-0.1, -0.05) is 53.6 Å². The Hall–Kier alpha value is -2.86. The van der Waals surface area contributed by atoms with Gasteiger partial charge in [-0.2, -0.15) is 0 Å². The van der Waals surface area contributed by atoms with E-state index in [2.05, 4.69) is 10.6 Å². The fourth-order valence-corrected chi connectivity index (χ4v) is 3.18. The van der Waals surface area contributed by atoms with Gasteiger partial charge in [0.1, 0.15) is 12.1 Å². The van der Waals surface area contributed by atoms with Gasteiger partial charge < -0.3 is 10.6 Å². The van der Waals surface area contributed by atoms with E-state index in [4.69, 9.17) is 11.6 Å². The molecule has 4 amide bonds. The van der Waals surface area contributed by atoms with Crippen molar-refractivity contribution in [3.05, 3.63) is 70.2 Å². The van der Waals surface area contributed by atoms with Crippen molar-refractivity contribution in [3.8, 4) is 0 Å². The summed E-state index contributed by atoms with van der Waals surface area (Å²) in [4.78, 5) is 38.3. The highest BCUT2D eigenvalue weighted by atomic mass is 35.5. The van der Waals surface area contributed by atoms with Crippen LogP contribution < -0.4 is 10.6 Å². The van der Waals surface area contributed by atoms with E-state index < -0.39 is 23.4 Å². The molecule has 140 valence electrons. The lowest BCUT2D eigenvalue weighted by molar-refractivity contribution is -0.134. The summed E-state index contributed by atoms with van der Waals surface area (Å²) in [5, 5.41) is 5.96. The van der Waals surface area contributed by atoms with E-state index in [1.54, 1.807) is 37.3 Å². The smallest absolute Gasteiger partial charge is 0.325 e. The molecule has 27 heavy (non-hydrogen) atoms. The van der Waals surface area contributed by atoms with Crippen molar-refractivity contribution in [1.82, 2.24) is 15.5 Å². The topological polar surface area (TPSA) is 78.5 Å². The number of aryl methyl sites for hydroxylation is 1. The molecule has 6 nitrogen and oxygen atoms in total. The summed E-state index contributed by atoms with van der Waals surface area (Å²) in [6, 6.07) is 13.9. The number of rotatable bonds is 5. The number of halogens is 1. The molecule has 1 heterocycles. The lowest BCUT2D eigenvalue weighted by atomic mass is 9.91. The monoisotopic (exact) mass is 385 g/mol. The van der Waals surface area contributed by atoms with Gasteiger partial charge in [-0.15, -0.1) is 0 Å². The van der Waals surface area contributed by atoms with Crippen LogP contribution in [0.25, 0.3) is 0 Å². The molecule has 0 bridgehead atoms. The SMILES string of the molecule is Cc1ccc([C@@]2(C)NC(=O)N(CC(=O)NCc3cccc(Cl)c3)C2=O)cc1. The molecule has 7 heteroatoms. The third-order valence-corrected chi connectivity index (χ3v) is 4.82. The van der Waals surface area contributed by atoms with Crippen molar-refractivity contribution >= 4 is 29.4 Å². The molecular formula is C20H20ClN3O3. The average Bonchev–Trinajstić information content (AvgIpc) is 2.85. The normalized spacial score (nSPS) is 19.1. The summed E-state index contributed by atoms with van der Waals surface area (Å²) in [7, 11) is 0. The lowest BCUT2D eigenvalue weighted by Crippen LogP contribution is -2.43. The minimum atomic E-state index is -1.18.